The highest BCUT2D eigenvalue weighted by Crippen LogP contribution is 2.28. The van der Waals surface area contributed by atoms with Crippen molar-refractivity contribution < 1.29 is 14.3 Å². The summed E-state index contributed by atoms with van der Waals surface area (Å²) in [5.41, 5.74) is 0. The summed E-state index contributed by atoms with van der Waals surface area (Å²) in [7, 11) is 1.52. The lowest BCUT2D eigenvalue weighted by molar-refractivity contribution is -0.119. The maximum Gasteiger partial charge on any atom is 0.407 e. The number of piperidine rings is 1. The summed E-state index contributed by atoms with van der Waals surface area (Å²) in [5.74, 6) is 1.09. The highest BCUT2D eigenvalue weighted by molar-refractivity contribution is 5.92. The first-order valence-corrected chi connectivity index (χ1v) is 8.87. The number of hydrogen-bond donors (Lipinski definition) is 2. The molecule has 146 valence electrons. The molecule has 0 aliphatic carbocycles. The third-order valence-electron chi connectivity index (χ3n) is 4.69. The SMILES string of the molecule is CNC(=O)CNC(=O)OCC1CCN(c2nccc3ccccc23)CC1.Cl. The number of carbonyl (C=O) groups excluding carboxylic acids is 2. The number of fused-ring (bicyclic) bond motifs is 1. The Hall–Kier alpha value is -2.54. The minimum Gasteiger partial charge on any atom is -0.449 e. The van der Waals surface area contributed by atoms with Crippen molar-refractivity contribution in [1.82, 2.24) is 15.6 Å². The Bertz CT molecular complexity index is 773. The number of pyridine rings is 1. The molecular formula is C19H25ClN4O3. The fourth-order valence-corrected chi connectivity index (χ4v) is 3.15. The molecule has 1 aliphatic heterocycles. The number of halogens is 1. The first-order valence-electron chi connectivity index (χ1n) is 8.87. The smallest absolute Gasteiger partial charge is 0.407 e. The quantitative estimate of drug-likeness (QED) is 0.816. The van der Waals surface area contributed by atoms with Crippen LogP contribution in [0.4, 0.5) is 10.6 Å². The second kappa shape index (κ2) is 9.97. The standard InChI is InChI=1S/C19H24N4O3.ClH/c1-20-17(24)12-22-19(25)26-13-14-7-10-23(11-8-14)18-16-5-3-2-4-15(16)6-9-21-18;/h2-6,9,14H,7-8,10-13H2,1H3,(H,20,24)(H,22,25);1H. The summed E-state index contributed by atoms with van der Waals surface area (Å²) < 4.78 is 5.22. The van der Waals surface area contributed by atoms with Crippen LogP contribution in [0.2, 0.25) is 0 Å². The van der Waals surface area contributed by atoms with E-state index in [1.807, 2.05) is 24.4 Å². The van der Waals surface area contributed by atoms with Gasteiger partial charge in [-0.3, -0.25) is 4.79 Å². The van der Waals surface area contributed by atoms with Crippen LogP contribution in [0.5, 0.6) is 0 Å². The predicted octanol–water partition coefficient (Wildman–Crippen LogP) is 2.35. The van der Waals surface area contributed by atoms with E-state index in [0.29, 0.717) is 12.5 Å². The minimum absolute atomic E-state index is 0. The Labute approximate surface area is 164 Å². The lowest BCUT2D eigenvalue weighted by Gasteiger charge is -2.33. The molecule has 1 fully saturated rings. The second-order valence-electron chi connectivity index (χ2n) is 6.41. The molecule has 1 saturated heterocycles. The van der Waals surface area contributed by atoms with Gasteiger partial charge in [0.05, 0.1) is 13.2 Å². The normalized spacial score (nSPS) is 14.3. The number of ether oxygens (including phenoxy) is 1. The van der Waals surface area contributed by atoms with Crippen LogP contribution in [0.25, 0.3) is 10.8 Å². The van der Waals surface area contributed by atoms with Crippen molar-refractivity contribution in [2.75, 3.05) is 38.2 Å². The summed E-state index contributed by atoms with van der Waals surface area (Å²) in [6.07, 6.45) is 3.18. The number of benzene rings is 1. The Morgan fingerprint density at radius 1 is 1.22 bits per heavy atom. The van der Waals surface area contributed by atoms with Gasteiger partial charge in [0.1, 0.15) is 5.82 Å². The highest BCUT2D eigenvalue weighted by atomic mass is 35.5. The van der Waals surface area contributed by atoms with Crippen LogP contribution in [-0.2, 0) is 9.53 Å². The van der Waals surface area contributed by atoms with Gasteiger partial charge in [0.25, 0.3) is 0 Å². The van der Waals surface area contributed by atoms with Gasteiger partial charge >= 0.3 is 6.09 Å². The van der Waals surface area contributed by atoms with Crippen LogP contribution in [0.1, 0.15) is 12.8 Å². The molecule has 0 radical (unpaired) electrons. The van der Waals surface area contributed by atoms with E-state index in [0.717, 1.165) is 31.7 Å². The fraction of sp³-hybridized carbons (Fsp3) is 0.421. The fourth-order valence-electron chi connectivity index (χ4n) is 3.15. The zero-order chi connectivity index (χ0) is 18.4. The lowest BCUT2D eigenvalue weighted by Crippen LogP contribution is -2.38. The van der Waals surface area contributed by atoms with Crippen LogP contribution < -0.4 is 15.5 Å². The first kappa shape index (κ1) is 20.8. The monoisotopic (exact) mass is 392 g/mol. The third kappa shape index (κ3) is 5.47. The van der Waals surface area contributed by atoms with Gasteiger partial charge in [0.2, 0.25) is 5.91 Å². The number of amides is 2. The maximum absolute atomic E-state index is 11.6. The van der Waals surface area contributed by atoms with Crippen LogP contribution in [0, 0.1) is 5.92 Å². The van der Waals surface area contributed by atoms with E-state index in [9.17, 15) is 9.59 Å². The topological polar surface area (TPSA) is 83.6 Å². The number of aromatic nitrogens is 1. The zero-order valence-corrected chi connectivity index (χ0v) is 16.1. The molecule has 0 saturated carbocycles. The van der Waals surface area contributed by atoms with E-state index in [1.165, 1.54) is 17.8 Å². The summed E-state index contributed by atoms with van der Waals surface area (Å²) >= 11 is 0. The van der Waals surface area contributed by atoms with Gasteiger partial charge in [-0.05, 0) is 30.2 Å². The molecule has 1 aromatic heterocycles. The molecule has 1 aliphatic rings. The largest absolute Gasteiger partial charge is 0.449 e. The van der Waals surface area contributed by atoms with E-state index in [4.69, 9.17) is 4.74 Å². The third-order valence-corrected chi connectivity index (χ3v) is 4.69. The van der Waals surface area contributed by atoms with Crippen molar-refractivity contribution in [3.63, 3.8) is 0 Å². The molecule has 2 aromatic rings. The molecule has 2 heterocycles. The van der Waals surface area contributed by atoms with Crippen molar-refractivity contribution in [2.45, 2.75) is 12.8 Å². The maximum atomic E-state index is 11.6. The average Bonchev–Trinajstić information content (AvgIpc) is 2.70. The number of anilines is 1. The zero-order valence-electron chi connectivity index (χ0n) is 15.3. The second-order valence-corrected chi connectivity index (χ2v) is 6.41. The minimum atomic E-state index is -0.549. The van der Waals surface area contributed by atoms with Gasteiger partial charge in [0, 0.05) is 31.7 Å². The number of carbonyl (C=O) groups is 2. The molecule has 1 aromatic carbocycles. The molecule has 0 bridgehead atoms. The molecule has 3 rings (SSSR count). The Kier molecular flexibility index (Phi) is 7.67. The molecule has 7 nitrogen and oxygen atoms in total. The van der Waals surface area contributed by atoms with Gasteiger partial charge in [-0.15, -0.1) is 12.4 Å². The predicted molar refractivity (Wildman–Crippen MR) is 107 cm³/mol. The van der Waals surface area contributed by atoms with E-state index in [2.05, 4.69) is 32.7 Å². The van der Waals surface area contributed by atoms with Gasteiger partial charge in [-0.25, -0.2) is 9.78 Å². The Balaban J connectivity index is 0.00000261. The van der Waals surface area contributed by atoms with Crippen molar-refractivity contribution in [2.24, 2.45) is 5.92 Å². The molecule has 0 atom stereocenters. The number of likely N-dealkylation sites (N-methyl/N-ethyl adjacent to an activating group) is 1. The number of nitrogens with zero attached hydrogens (tertiary/aromatic N) is 2. The molecule has 2 N–H and O–H groups in total. The van der Waals surface area contributed by atoms with Crippen molar-refractivity contribution in [3.8, 4) is 0 Å². The van der Waals surface area contributed by atoms with E-state index < -0.39 is 6.09 Å². The highest BCUT2D eigenvalue weighted by Gasteiger charge is 2.22. The number of nitrogens with one attached hydrogen (secondary N) is 2. The van der Waals surface area contributed by atoms with E-state index in [1.54, 1.807) is 0 Å². The van der Waals surface area contributed by atoms with Crippen molar-refractivity contribution in [3.05, 3.63) is 36.5 Å². The van der Waals surface area contributed by atoms with Gasteiger partial charge in [-0.1, -0.05) is 24.3 Å². The number of alkyl carbamates (subject to hydrolysis) is 1. The van der Waals surface area contributed by atoms with E-state index >= 15 is 0 Å². The number of rotatable bonds is 5. The molecule has 27 heavy (non-hydrogen) atoms. The number of hydrogen-bond acceptors (Lipinski definition) is 5. The van der Waals surface area contributed by atoms with Crippen LogP contribution >= 0.6 is 12.4 Å². The summed E-state index contributed by atoms with van der Waals surface area (Å²) in [6.45, 7) is 2.07. The Morgan fingerprint density at radius 3 is 2.70 bits per heavy atom. The van der Waals surface area contributed by atoms with Crippen molar-refractivity contribution in [1.29, 1.82) is 0 Å². The van der Waals surface area contributed by atoms with Gasteiger partial charge < -0.3 is 20.3 Å². The van der Waals surface area contributed by atoms with Gasteiger partial charge in [-0.2, -0.15) is 0 Å². The summed E-state index contributed by atoms with van der Waals surface area (Å²) in [5, 5.41) is 7.23. The van der Waals surface area contributed by atoms with Crippen LogP contribution in [-0.4, -0.2) is 50.3 Å². The Morgan fingerprint density at radius 2 is 1.96 bits per heavy atom. The van der Waals surface area contributed by atoms with Crippen molar-refractivity contribution >= 4 is 41.0 Å². The lowest BCUT2D eigenvalue weighted by atomic mass is 9.97. The molecule has 0 spiro atoms. The van der Waals surface area contributed by atoms with Crippen LogP contribution in [0.15, 0.2) is 36.5 Å². The summed E-state index contributed by atoms with van der Waals surface area (Å²) in [4.78, 5) is 29.6. The van der Waals surface area contributed by atoms with Crippen LogP contribution in [0.3, 0.4) is 0 Å². The first-order chi connectivity index (χ1) is 12.7. The average molecular weight is 393 g/mol. The van der Waals surface area contributed by atoms with E-state index in [-0.39, 0.29) is 24.9 Å². The molecular weight excluding hydrogens is 368 g/mol. The molecule has 0 unspecified atom stereocenters. The molecule has 2 amide bonds. The molecule has 8 heteroatoms. The summed E-state index contributed by atoms with van der Waals surface area (Å²) in [6, 6.07) is 10.3. The van der Waals surface area contributed by atoms with Gasteiger partial charge in [0.15, 0.2) is 0 Å².